The lowest BCUT2D eigenvalue weighted by molar-refractivity contribution is -0.394. The average Bonchev–Trinajstić information content (AvgIpc) is 3.35. The van der Waals surface area contributed by atoms with E-state index in [-0.39, 0.29) is 35.0 Å². The Bertz CT molecular complexity index is 2100. The number of rotatable bonds is 11. The molecule has 242 valence electrons. The molecule has 0 aliphatic carbocycles. The van der Waals surface area contributed by atoms with E-state index < -0.39 is 33.2 Å². The summed E-state index contributed by atoms with van der Waals surface area (Å²) in [5, 5.41) is 22.7. The fraction of sp³-hybridized carbons (Fsp3) is 0.219. The van der Waals surface area contributed by atoms with Crippen molar-refractivity contribution >= 4 is 34.8 Å². The number of esters is 1. The van der Waals surface area contributed by atoms with Gasteiger partial charge in [-0.2, -0.15) is 0 Å². The molecule has 0 radical (unpaired) electrons. The molecule has 1 aliphatic rings. The van der Waals surface area contributed by atoms with Gasteiger partial charge in [-0.05, 0) is 68.3 Å². The molecule has 0 saturated heterocycles. The van der Waals surface area contributed by atoms with E-state index in [1.54, 1.807) is 56.3 Å². The molecule has 0 fully saturated rings. The lowest BCUT2D eigenvalue weighted by Crippen LogP contribution is -2.39. The first-order valence-electron chi connectivity index (χ1n) is 14.3. The SMILES string of the molecule is CCOC(=O)C1=C(C)N=c2s/c(=C\c3ccc(Oc4ccc([N+](=O)[O-])cc4[N+](=O)[O-])c(OC)c3)c(=O)n2C1c1ccc(OCC)cc1. The van der Waals surface area contributed by atoms with Crippen molar-refractivity contribution in [3.8, 4) is 23.0 Å². The number of non-ortho nitro benzene ring substituents is 1. The van der Waals surface area contributed by atoms with Crippen LogP contribution in [0.2, 0.25) is 0 Å². The van der Waals surface area contributed by atoms with Crippen LogP contribution in [0.3, 0.4) is 0 Å². The summed E-state index contributed by atoms with van der Waals surface area (Å²) >= 11 is 1.14. The Kier molecular flexibility index (Phi) is 9.46. The van der Waals surface area contributed by atoms with Crippen molar-refractivity contribution in [1.29, 1.82) is 0 Å². The van der Waals surface area contributed by atoms with Crippen LogP contribution < -0.4 is 29.1 Å². The monoisotopic (exact) mass is 660 g/mol. The first kappa shape index (κ1) is 32.6. The maximum absolute atomic E-state index is 14.0. The highest BCUT2D eigenvalue weighted by atomic mass is 32.1. The predicted molar refractivity (Wildman–Crippen MR) is 171 cm³/mol. The van der Waals surface area contributed by atoms with Crippen molar-refractivity contribution in [3.63, 3.8) is 0 Å². The van der Waals surface area contributed by atoms with Gasteiger partial charge in [0, 0.05) is 6.07 Å². The van der Waals surface area contributed by atoms with Gasteiger partial charge in [-0.3, -0.25) is 29.6 Å². The van der Waals surface area contributed by atoms with Gasteiger partial charge in [0.1, 0.15) is 5.75 Å². The van der Waals surface area contributed by atoms with E-state index in [9.17, 15) is 29.8 Å². The lowest BCUT2D eigenvalue weighted by atomic mass is 9.96. The van der Waals surface area contributed by atoms with E-state index in [0.717, 1.165) is 29.5 Å². The summed E-state index contributed by atoms with van der Waals surface area (Å²) in [7, 11) is 1.38. The van der Waals surface area contributed by atoms with Crippen LogP contribution in [0.5, 0.6) is 23.0 Å². The van der Waals surface area contributed by atoms with Crippen LogP contribution in [-0.4, -0.2) is 40.7 Å². The quantitative estimate of drug-likeness (QED) is 0.123. The zero-order valence-corrected chi connectivity index (χ0v) is 26.4. The Morgan fingerprint density at radius 2 is 1.70 bits per heavy atom. The predicted octanol–water partition coefficient (Wildman–Crippen LogP) is 4.81. The molecule has 1 aromatic heterocycles. The number of fused-ring (bicyclic) bond motifs is 1. The maximum Gasteiger partial charge on any atom is 0.338 e. The van der Waals surface area contributed by atoms with Crippen molar-refractivity contribution in [3.05, 3.63) is 123 Å². The molecule has 1 atom stereocenters. The van der Waals surface area contributed by atoms with Crippen LogP contribution in [0.15, 0.2) is 81.7 Å². The van der Waals surface area contributed by atoms with Gasteiger partial charge in [-0.15, -0.1) is 0 Å². The molecule has 1 unspecified atom stereocenters. The van der Waals surface area contributed by atoms with Gasteiger partial charge in [0.2, 0.25) is 5.75 Å². The van der Waals surface area contributed by atoms with Crippen LogP contribution in [0, 0.1) is 20.2 Å². The number of thiazole rings is 1. The van der Waals surface area contributed by atoms with E-state index in [1.165, 1.54) is 17.7 Å². The van der Waals surface area contributed by atoms with Crippen LogP contribution >= 0.6 is 11.3 Å². The minimum Gasteiger partial charge on any atom is -0.494 e. The van der Waals surface area contributed by atoms with Crippen LogP contribution in [-0.2, 0) is 9.53 Å². The molecule has 2 heterocycles. The largest absolute Gasteiger partial charge is 0.494 e. The molecule has 0 bridgehead atoms. The topological polar surface area (TPSA) is 175 Å². The Morgan fingerprint density at radius 3 is 2.34 bits per heavy atom. The summed E-state index contributed by atoms with van der Waals surface area (Å²) in [5.74, 6) is 0.143. The van der Waals surface area contributed by atoms with Crippen LogP contribution in [0.25, 0.3) is 6.08 Å². The third kappa shape index (κ3) is 6.60. The molecule has 4 aromatic rings. The summed E-state index contributed by atoms with van der Waals surface area (Å²) in [6.07, 6.45) is 1.63. The number of carbonyl (C=O) groups is 1. The number of methoxy groups -OCH3 is 1. The third-order valence-corrected chi connectivity index (χ3v) is 8.06. The van der Waals surface area contributed by atoms with Gasteiger partial charge in [0.15, 0.2) is 16.3 Å². The summed E-state index contributed by atoms with van der Waals surface area (Å²) in [6, 6.07) is 14.1. The number of carbonyl (C=O) groups excluding carboxylic acids is 1. The zero-order chi connectivity index (χ0) is 33.8. The molecule has 14 nitrogen and oxygen atoms in total. The summed E-state index contributed by atoms with van der Waals surface area (Å²) in [6.45, 7) is 5.90. The highest BCUT2D eigenvalue weighted by Crippen LogP contribution is 2.38. The van der Waals surface area contributed by atoms with E-state index in [4.69, 9.17) is 18.9 Å². The van der Waals surface area contributed by atoms with E-state index in [2.05, 4.69) is 4.99 Å². The minimum absolute atomic E-state index is 0.105. The summed E-state index contributed by atoms with van der Waals surface area (Å²) in [4.78, 5) is 53.2. The second-order valence-electron chi connectivity index (χ2n) is 9.98. The average molecular weight is 661 g/mol. The number of hydrogen-bond donors (Lipinski definition) is 0. The summed E-state index contributed by atoms with van der Waals surface area (Å²) in [5.41, 5.74) is 0.451. The lowest BCUT2D eigenvalue weighted by Gasteiger charge is -2.24. The Labute approximate surface area is 270 Å². The highest BCUT2D eigenvalue weighted by molar-refractivity contribution is 7.07. The van der Waals surface area contributed by atoms with Gasteiger partial charge in [-0.25, -0.2) is 9.79 Å². The number of hydrogen-bond acceptors (Lipinski definition) is 12. The van der Waals surface area contributed by atoms with Crippen molar-refractivity contribution in [1.82, 2.24) is 4.57 Å². The standard InChI is InChI=1S/C32H28N4O10S/c1-5-44-22-11-8-20(9-12-22)29-28(31(38)45-6-2)18(3)33-32-34(29)30(37)27(47-32)16-19-7-13-25(26(15-19)43-4)46-24-14-10-21(35(39)40)17-23(24)36(41)42/h7-17,29H,5-6H2,1-4H3/b27-16-. The number of nitro benzene ring substituents is 2. The number of nitrogens with zero attached hydrogens (tertiary/aromatic N) is 4. The fourth-order valence-electron chi connectivity index (χ4n) is 5.00. The van der Waals surface area contributed by atoms with Crippen LogP contribution in [0.1, 0.15) is 37.9 Å². The van der Waals surface area contributed by atoms with Gasteiger partial charge in [-0.1, -0.05) is 29.5 Å². The molecule has 3 aromatic carbocycles. The van der Waals surface area contributed by atoms with Gasteiger partial charge in [0.05, 0.1) is 58.1 Å². The first-order chi connectivity index (χ1) is 22.6. The van der Waals surface area contributed by atoms with Crippen molar-refractivity contribution in [2.75, 3.05) is 20.3 Å². The van der Waals surface area contributed by atoms with Crippen LogP contribution in [0.4, 0.5) is 11.4 Å². The molecule has 1 aliphatic heterocycles. The van der Waals surface area contributed by atoms with E-state index in [0.29, 0.717) is 38.5 Å². The van der Waals surface area contributed by atoms with Crippen molar-refractivity contribution in [2.45, 2.75) is 26.8 Å². The molecule has 0 amide bonds. The maximum atomic E-state index is 14.0. The third-order valence-electron chi connectivity index (χ3n) is 7.08. The Hall–Kier alpha value is -5.83. The Morgan fingerprint density at radius 1 is 0.979 bits per heavy atom. The first-order valence-corrected chi connectivity index (χ1v) is 15.1. The van der Waals surface area contributed by atoms with E-state index >= 15 is 0 Å². The molecule has 15 heteroatoms. The fourth-order valence-corrected chi connectivity index (χ4v) is 6.04. The number of ether oxygens (including phenoxy) is 4. The molecule has 5 rings (SSSR count). The molecular formula is C32H28N4O10S. The van der Waals surface area contributed by atoms with Gasteiger partial charge >= 0.3 is 11.7 Å². The van der Waals surface area contributed by atoms with Crippen molar-refractivity contribution < 1.29 is 33.6 Å². The number of aromatic nitrogens is 1. The molecular weight excluding hydrogens is 632 g/mol. The molecule has 47 heavy (non-hydrogen) atoms. The molecule has 0 saturated carbocycles. The van der Waals surface area contributed by atoms with Gasteiger partial charge < -0.3 is 18.9 Å². The second-order valence-corrected chi connectivity index (χ2v) is 11.0. The van der Waals surface area contributed by atoms with E-state index in [1.807, 2.05) is 6.92 Å². The Balaban J connectivity index is 1.56. The zero-order valence-electron chi connectivity index (χ0n) is 25.6. The normalized spacial score (nSPS) is 14.2. The number of nitro groups is 2. The van der Waals surface area contributed by atoms with Gasteiger partial charge in [0.25, 0.3) is 11.2 Å². The molecule has 0 N–H and O–H groups in total. The highest BCUT2D eigenvalue weighted by Gasteiger charge is 2.33. The smallest absolute Gasteiger partial charge is 0.338 e. The van der Waals surface area contributed by atoms with Crippen molar-refractivity contribution in [2.24, 2.45) is 4.99 Å². The molecule has 0 spiro atoms. The second kappa shape index (κ2) is 13.7. The number of allylic oxidation sites excluding steroid dienone is 1. The minimum atomic E-state index is -0.800. The summed E-state index contributed by atoms with van der Waals surface area (Å²) < 4.78 is 23.9. The number of benzene rings is 3.